The van der Waals surface area contributed by atoms with Crippen molar-refractivity contribution in [1.29, 1.82) is 0 Å². The zero-order valence-corrected chi connectivity index (χ0v) is 20.7. The van der Waals surface area contributed by atoms with Gasteiger partial charge in [0.15, 0.2) is 0 Å². The van der Waals surface area contributed by atoms with Crippen LogP contribution in [0.4, 0.5) is 10.1 Å². The quantitative estimate of drug-likeness (QED) is 0.543. The van der Waals surface area contributed by atoms with E-state index in [1.807, 2.05) is 13.8 Å². The Morgan fingerprint density at radius 1 is 1.09 bits per heavy atom. The topological polar surface area (TPSA) is 86.8 Å². The summed E-state index contributed by atoms with van der Waals surface area (Å²) in [6.45, 7) is 4.52. The second kappa shape index (κ2) is 11.5. The third-order valence-electron chi connectivity index (χ3n) is 5.26. The number of carbonyl (C=O) groups excluding carboxylic acids is 2. The monoisotopic (exact) mass is 497 g/mol. The van der Waals surface area contributed by atoms with Crippen LogP contribution in [0.3, 0.4) is 0 Å². The first kappa shape index (κ1) is 26.6. The molecule has 7 nitrogen and oxygen atoms in total. The van der Waals surface area contributed by atoms with Crippen molar-refractivity contribution in [2.24, 2.45) is 0 Å². The maximum atomic E-state index is 14.3. The standard InChI is InChI=1S/C23H29ClFN3O4S/c1-5-16(2)26-23(30)17(3)27(14-18-8-6-7-9-21(18)25)22(29)15-28(33(4,31)32)20-12-10-19(24)11-13-20/h6-13,16-17H,5,14-15H2,1-4H3,(H,26,30)/t16-,17-/m0/s1. The lowest BCUT2D eigenvalue weighted by Gasteiger charge is -2.32. The molecule has 2 amide bonds. The molecule has 33 heavy (non-hydrogen) atoms. The minimum absolute atomic E-state index is 0.119. The van der Waals surface area contributed by atoms with Crippen LogP contribution in [0.25, 0.3) is 0 Å². The van der Waals surface area contributed by atoms with Crippen LogP contribution in [0.15, 0.2) is 48.5 Å². The highest BCUT2D eigenvalue weighted by Crippen LogP contribution is 2.21. The Bertz CT molecular complexity index is 1080. The van der Waals surface area contributed by atoms with Gasteiger partial charge >= 0.3 is 0 Å². The predicted molar refractivity (Wildman–Crippen MR) is 128 cm³/mol. The van der Waals surface area contributed by atoms with E-state index in [9.17, 15) is 22.4 Å². The van der Waals surface area contributed by atoms with Crippen LogP contribution in [-0.4, -0.2) is 50.0 Å². The molecule has 2 aromatic carbocycles. The fourth-order valence-corrected chi connectivity index (χ4v) is 4.05. The molecule has 0 unspecified atom stereocenters. The van der Waals surface area contributed by atoms with E-state index in [1.54, 1.807) is 6.07 Å². The van der Waals surface area contributed by atoms with Gasteiger partial charge in [-0.15, -0.1) is 0 Å². The maximum absolute atomic E-state index is 14.3. The van der Waals surface area contributed by atoms with Gasteiger partial charge in [-0.3, -0.25) is 13.9 Å². The fraction of sp³-hybridized carbons (Fsp3) is 0.391. The van der Waals surface area contributed by atoms with E-state index in [0.29, 0.717) is 11.4 Å². The molecule has 0 fully saturated rings. The summed E-state index contributed by atoms with van der Waals surface area (Å²) >= 11 is 5.90. The van der Waals surface area contributed by atoms with Crippen molar-refractivity contribution < 1.29 is 22.4 Å². The number of halogens is 2. The molecule has 0 aliphatic carbocycles. The molecule has 0 spiro atoms. The van der Waals surface area contributed by atoms with E-state index in [0.717, 1.165) is 10.6 Å². The fourth-order valence-electron chi connectivity index (χ4n) is 3.08. The van der Waals surface area contributed by atoms with E-state index < -0.39 is 40.2 Å². The van der Waals surface area contributed by atoms with E-state index >= 15 is 0 Å². The van der Waals surface area contributed by atoms with E-state index in [2.05, 4.69) is 5.32 Å². The van der Waals surface area contributed by atoms with Crippen molar-refractivity contribution in [3.63, 3.8) is 0 Å². The Hall–Kier alpha value is -2.65. The molecule has 180 valence electrons. The number of carbonyl (C=O) groups is 2. The summed E-state index contributed by atoms with van der Waals surface area (Å²) in [5.41, 5.74) is 0.462. The third-order valence-corrected chi connectivity index (χ3v) is 6.65. The van der Waals surface area contributed by atoms with Gasteiger partial charge in [0.2, 0.25) is 21.8 Å². The first-order chi connectivity index (χ1) is 15.4. The molecule has 0 bridgehead atoms. The molecule has 0 aliphatic heterocycles. The lowest BCUT2D eigenvalue weighted by molar-refractivity contribution is -0.139. The van der Waals surface area contributed by atoms with Gasteiger partial charge in [-0.2, -0.15) is 0 Å². The summed E-state index contributed by atoms with van der Waals surface area (Å²) in [7, 11) is -3.84. The number of hydrogen-bond acceptors (Lipinski definition) is 4. The molecule has 0 aliphatic rings. The van der Waals surface area contributed by atoms with Crippen molar-refractivity contribution in [1.82, 2.24) is 10.2 Å². The third kappa shape index (κ3) is 7.43. The first-order valence-electron chi connectivity index (χ1n) is 10.5. The maximum Gasteiger partial charge on any atom is 0.244 e. The summed E-state index contributed by atoms with van der Waals surface area (Å²) < 4.78 is 40.2. The summed E-state index contributed by atoms with van der Waals surface area (Å²) in [6.07, 6.45) is 1.67. The summed E-state index contributed by atoms with van der Waals surface area (Å²) in [5, 5.41) is 3.23. The largest absolute Gasteiger partial charge is 0.352 e. The molecule has 2 rings (SSSR count). The molecule has 0 saturated heterocycles. The predicted octanol–water partition coefficient (Wildman–Crippen LogP) is 3.58. The van der Waals surface area contributed by atoms with Crippen LogP contribution < -0.4 is 9.62 Å². The molecule has 1 N–H and O–H groups in total. The first-order valence-corrected chi connectivity index (χ1v) is 12.7. The van der Waals surface area contributed by atoms with E-state index in [1.165, 1.54) is 54.3 Å². The Morgan fingerprint density at radius 3 is 2.24 bits per heavy atom. The zero-order chi connectivity index (χ0) is 24.8. The molecule has 2 atom stereocenters. The van der Waals surface area contributed by atoms with E-state index in [-0.39, 0.29) is 23.8 Å². The van der Waals surface area contributed by atoms with Crippen LogP contribution in [0.1, 0.15) is 32.8 Å². The highest BCUT2D eigenvalue weighted by Gasteiger charge is 2.30. The average Bonchev–Trinajstić information content (AvgIpc) is 2.76. The number of sulfonamides is 1. The van der Waals surface area contributed by atoms with Gasteiger partial charge in [-0.1, -0.05) is 36.7 Å². The van der Waals surface area contributed by atoms with Gasteiger partial charge < -0.3 is 10.2 Å². The Balaban J connectivity index is 2.39. The molecule has 0 heterocycles. The number of hydrogen-bond donors (Lipinski definition) is 1. The van der Waals surface area contributed by atoms with Crippen LogP contribution in [0.2, 0.25) is 5.02 Å². The van der Waals surface area contributed by atoms with Crippen molar-refractivity contribution in [3.05, 3.63) is 64.9 Å². The molecular weight excluding hydrogens is 469 g/mol. The number of rotatable bonds is 10. The second-order valence-electron chi connectivity index (χ2n) is 7.85. The highest BCUT2D eigenvalue weighted by molar-refractivity contribution is 7.92. The lowest BCUT2D eigenvalue weighted by Crippen LogP contribution is -2.52. The zero-order valence-electron chi connectivity index (χ0n) is 19.1. The Morgan fingerprint density at radius 2 is 1.70 bits per heavy atom. The van der Waals surface area contributed by atoms with Crippen LogP contribution in [0.5, 0.6) is 0 Å². The van der Waals surface area contributed by atoms with Gasteiger partial charge in [-0.25, -0.2) is 12.8 Å². The minimum Gasteiger partial charge on any atom is -0.352 e. The number of nitrogens with one attached hydrogen (secondary N) is 1. The number of amides is 2. The molecule has 10 heteroatoms. The average molecular weight is 498 g/mol. The lowest BCUT2D eigenvalue weighted by atomic mass is 10.1. The SMILES string of the molecule is CC[C@H](C)NC(=O)[C@H](C)N(Cc1ccccc1F)C(=O)CN(c1ccc(Cl)cc1)S(C)(=O)=O. The van der Waals surface area contributed by atoms with Gasteiger partial charge in [0, 0.05) is 23.2 Å². The second-order valence-corrected chi connectivity index (χ2v) is 10.2. The smallest absolute Gasteiger partial charge is 0.244 e. The van der Waals surface area contributed by atoms with Gasteiger partial charge in [0.05, 0.1) is 11.9 Å². The highest BCUT2D eigenvalue weighted by atomic mass is 35.5. The van der Waals surface area contributed by atoms with Gasteiger partial charge in [-0.05, 0) is 50.6 Å². The molecule has 0 aromatic heterocycles. The molecule has 0 saturated carbocycles. The van der Waals surface area contributed by atoms with Crippen molar-refractivity contribution in [2.45, 2.75) is 45.8 Å². The molecular formula is C23H29ClFN3O4S. The van der Waals surface area contributed by atoms with Crippen molar-refractivity contribution >= 4 is 39.1 Å². The minimum atomic E-state index is -3.84. The van der Waals surface area contributed by atoms with Gasteiger partial charge in [0.1, 0.15) is 18.4 Å². The summed E-state index contributed by atoms with van der Waals surface area (Å²) in [6, 6.07) is 10.8. The number of anilines is 1. The Labute approximate surface area is 199 Å². The van der Waals surface area contributed by atoms with Crippen molar-refractivity contribution in [2.75, 3.05) is 17.1 Å². The van der Waals surface area contributed by atoms with Crippen LogP contribution in [0, 0.1) is 5.82 Å². The number of nitrogens with zero attached hydrogens (tertiary/aromatic N) is 2. The van der Waals surface area contributed by atoms with Crippen molar-refractivity contribution in [3.8, 4) is 0 Å². The van der Waals surface area contributed by atoms with Crippen LogP contribution >= 0.6 is 11.6 Å². The summed E-state index contributed by atoms with van der Waals surface area (Å²) in [4.78, 5) is 27.3. The van der Waals surface area contributed by atoms with Crippen LogP contribution in [-0.2, 0) is 26.2 Å². The Kier molecular flexibility index (Phi) is 9.25. The normalized spacial score (nSPS) is 13.2. The van der Waals surface area contributed by atoms with Gasteiger partial charge in [0.25, 0.3) is 0 Å². The molecule has 0 radical (unpaired) electrons. The number of benzene rings is 2. The van der Waals surface area contributed by atoms with E-state index in [4.69, 9.17) is 11.6 Å². The molecule has 2 aromatic rings. The summed E-state index contributed by atoms with van der Waals surface area (Å²) in [5.74, 6) is -1.58.